The van der Waals surface area contributed by atoms with Gasteiger partial charge in [-0.25, -0.2) is 13.6 Å². The summed E-state index contributed by atoms with van der Waals surface area (Å²) in [6.07, 6.45) is 0. The maximum absolute atomic E-state index is 12.4. The Morgan fingerprint density at radius 3 is 2.40 bits per heavy atom. The summed E-state index contributed by atoms with van der Waals surface area (Å²) < 4.78 is 22.7. The van der Waals surface area contributed by atoms with Crippen LogP contribution in [0.25, 0.3) is 0 Å². The van der Waals surface area contributed by atoms with Crippen molar-refractivity contribution in [3.8, 4) is 0 Å². The first-order valence-corrected chi connectivity index (χ1v) is 10.5. The third kappa shape index (κ3) is 5.12. The van der Waals surface area contributed by atoms with E-state index in [2.05, 4.69) is 24.1 Å². The van der Waals surface area contributed by atoms with Gasteiger partial charge in [-0.3, -0.25) is 9.69 Å². The van der Waals surface area contributed by atoms with Gasteiger partial charge in [0.2, 0.25) is 10.0 Å². The number of carbonyl (C=O) groups is 1. The van der Waals surface area contributed by atoms with E-state index in [1.54, 1.807) is 0 Å². The van der Waals surface area contributed by atoms with E-state index >= 15 is 0 Å². The molecule has 2 rings (SSSR count). The molecule has 0 unspecified atom stereocenters. The summed E-state index contributed by atoms with van der Waals surface area (Å²) in [5.41, 5.74) is 1.43. The number of thiophene rings is 1. The molecule has 0 saturated heterocycles. The fourth-order valence-electron chi connectivity index (χ4n) is 2.67. The zero-order valence-corrected chi connectivity index (χ0v) is 15.9. The average Bonchev–Trinajstić information content (AvgIpc) is 3.09. The number of primary sulfonamides is 1. The van der Waals surface area contributed by atoms with Gasteiger partial charge in [-0.15, -0.1) is 11.3 Å². The molecule has 1 aromatic carbocycles. The minimum Gasteiger partial charge on any atom is -0.350 e. The molecule has 0 aliphatic heterocycles. The maximum atomic E-state index is 12.4. The number of nitrogens with two attached hydrogens (primary N) is 1. The molecule has 0 saturated carbocycles. The first-order chi connectivity index (χ1) is 11.9. The van der Waals surface area contributed by atoms with Crippen LogP contribution in [0.4, 0.5) is 0 Å². The molecule has 0 aliphatic rings. The number of rotatable bonds is 8. The highest BCUT2D eigenvalue weighted by Gasteiger charge is 2.20. The average molecular weight is 382 g/mol. The molecule has 1 heterocycles. The second kappa shape index (κ2) is 8.57. The van der Waals surface area contributed by atoms with Gasteiger partial charge in [-0.05, 0) is 24.7 Å². The van der Waals surface area contributed by atoms with E-state index in [1.165, 1.54) is 11.4 Å². The number of sulfonamides is 1. The van der Waals surface area contributed by atoms with Crippen LogP contribution in [0.15, 0.2) is 46.0 Å². The number of hydrogen-bond donors (Lipinski definition) is 2. The monoisotopic (exact) mass is 381 g/mol. The van der Waals surface area contributed by atoms with Crippen LogP contribution in [-0.2, 0) is 10.0 Å². The number of nitrogens with one attached hydrogen (secondary N) is 1. The van der Waals surface area contributed by atoms with E-state index in [1.807, 2.05) is 30.3 Å². The third-order valence-corrected chi connectivity index (χ3v) is 6.40. The van der Waals surface area contributed by atoms with Crippen molar-refractivity contribution >= 4 is 27.3 Å². The molecule has 0 radical (unpaired) electrons. The molecule has 1 atom stereocenters. The molecule has 2 aromatic rings. The first-order valence-electron chi connectivity index (χ1n) is 8.05. The van der Waals surface area contributed by atoms with Crippen LogP contribution in [0.2, 0.25) is 0 Å². The van der Waals surface area contributed by atoms with Crippen LogP contribution in [0.5, 0.6) is 0 Å². The lowest BCUT2D eigenvalue weighted by atomic mass is 10.0. The molecule has 8 heteroatoms. The summed E-state index contributed by atoms with van der Waals surface area (Å²) in [7, 11) is -3.78. The van der Waals surface area contributed by atoms with E-state index < -0.39 is 10.0 Å². The Morgan fingerprint density at radius 2 is 1.88 bits per heavy atom. The topological polar surface area (TPSA) is 92.5 Å². The van der Waals surface area contributed by atoms with Crippen LogP contribution >= 0.6 is 11.3 Å². The summed E-state index contributed by atoms with van der Waals surface area (Å²) >= 11 is 0.947. The highest BCUT2D eigenvalue weighted by atomic mass is 32.2. The standard InChI is InChI=1S/C17H23N3O3S2/c1-3-20(4-2)15(13-8-6-5-7-9-13)11-19-17(21)14-10-16(24-12-14)25(18,22)23/h5-10,12,15H,3-4,11H2,1-2H3,(H,19,21)(H2,18,22,23)/t15-/m1/s1. The van der Waals surface area contributed by atoms with Gasteiger partial charge < -0.3 is 5.32 Å². The van der Waals surface area contributed by atoms with Crippen LogP contribution in [0.3, 0.4) is 0 Å². The smallest absolute Gasteiger partial charge is 0.252 e. The van der Waals surface area contributed by atoms with Gasteiger partial charge >= 0.3 is 0 Å². The van der Waals surface area contributed by atoms with Crippen molar-refractivity contribution in [2.24, 2.45) is 5.14 Å². The number of carbonyl (C=O) groups excluding carboxylic acids is 1. The van der Waals surface area contributed by atoms with Gasteiger partial charge in [0.1, 0.15) is 4.21 Å². The number of hydrogen-bond acceptors (Lipinski definition) is 5. The summed E-state index contributed by atoms with van der Waals surface area (Å²) in [5.74, 6) is -0.306. The molecule has 1 amide bonds. The molecular formula is C17H23N3O3S2. The maximum Gasteiger partial charge on any atom is 0.252 e. The summed E-state index contributed by atoms with van der Waals surface area (Å²) in [6, 6.07) is 11.4. The van der Waals surface area contributed by atoms with E-state index in [4.69, 9.17) is 5.14 Å². The van der Waals surface area contributed by atoms with Crippen molar-refractivity contribution in [1.29, 1.82) is 0 Å². The highest BCUT2D eigenvalue weighted by molar-refractivity contribution is 7.91. The highest BCUT2D eigenvalue weighted by Crippen LogP contribution is 2.21. The molecule has 25 heavy (non-hydrogen) atoms. The zero-order chi connectivity index (χ0) is 18.4. The lowest BCUT2D eigenvalue weighted by Gasteiger charge is -2.30. The zero-order valence-electron chi connectivity index (χ0n) is 14.3. The van der Waals surface area contributed by atoms with Crippen LogP contribution in [0.1, 0.15) is 35.8 Å². The van der Waals surface area contributed by atoms with Gasteiger partial charge in [0, 0.05) is 11.9 Å². The summed E-state index contributed by atoms with van der Waals surface area (Å²) in [4.78, 5) is 14.6. The molecule has 0 bridgehead atoms. The second-order valence-corrected chi connectivity index (χ2v) is 8.26. The number of likely N-dealkylation sites (N-methyl/N-ethyl adjacent to an activating group) is 1. The fourth-order valence-corrected chi connectivity index (χ4v) is 4.26. The minimum atomic E-state index is -3.78. The molecule has 3 N–H and O–H groups in total. The second-order valence-electron chi connectivity index (χ2n) is 5.56. The SMILES string of the molecule is CCN(CC)[C@H](CNC(=O)c1csc(S(N)(=O)=O)c1)c1ccccc1. The Labute approximate surface area is 152 Å². The molecule has 0 fully saturated rings. The van der Waals surface area contributed by atoms with Crippen molar-refractivity contribution in [3.63, 3.8) is 0 Å². The number of benzene rings is 1. The number of amides is 1. The van der Waals surface area contributed by atoms with E-state index in [9.17, 15) is 13.2 Å². The lowest BCUT2D eigenvalue weighted by molar-refractivity contribution is 0.0935. The van der Waals surface area contributed by atoms with E-state index in [0.29, 0.717) is 12.1 Å². The number of nitrogens with zero attached hydrogens (tertiary/aromatic N) is 1. The molecule has 0 aliphatic carbocycles. The largest absolute Gasteiger partial charge is 0.350 e. The van der Waals surface area contributed by atoms with E-state index in [0.717, 1.165) is 30.0 Å². The molecule has 1 aromatic heterocycles. The van der Waals surface area contributed by atoms with E-state index in [-0.39, 0.29) is 16.2 Å². The van der Waals surface area contributed by atoms with Crippen LogP contribution in [0, 0.1) is 0 Å². The molecule has 6 nitrogen and oxygen atoms in total. The predicted octanol–water partition coefficient (Wildman–Crippen LogP) is 2.21. The van der Waals surface area contributed by atoms with Crippen molar-refractivity contribution in [3.05, 3.63) is 52.9 Å². The van der Waals surface area contributed by atoms with Crippen molar-refractivity contribution < 1.29 is 13.2 Å². The molecule has 136 valence electrons. The van der Waals surface area contributed by atoms with Crippen LogP contribution in [-0.4, -0.2) is 38.9 Å². The van der Waals surface area contributed by atoms with Crippen molar-refractivity contribution in [2.75, 3.05) is 19.6 Å². The molecular weight excluding hydrogens is 358 g/mol. The Bertz CT molecular complexity index is 800. The van der Waals surface area contributed by atoms with Crippen molar-refractivity contribution in [2.45, 2.75) is 24.1 Å². The van der Waals surface area contributed by atoms with Crippen molar-refractivity contribution in [1.82, 2.24) is 10.2 Å². The van der Waals surface area contributed by atoms with Crippen LogP contribution < -0.4 is 10.5 Å². The normalized spacial score (nSPS) is 13.0. The minimum absolute atomic E-state index is 0.0130. The third-order valence-electron chi connectivity index (χ3n) is 4.01. The van der Waals surface area contributed by atoms with Gasteiger partial charge in [0.05, 0.1) is 11.6 Å². The van der Waals surface area contributed by atoms with Gasteiger partial charge in [0.15, 0.2) is 0 Å². The Balaban J connectivity index is 2.12. The fraction of sp³-hybridized carbons (Fsp3) is 0.353. The Kier molecular flexibility index (Phi) is 6.71. The molecule has 0 spiro atoms. The Hall–Kier alpha value is -1.74. The first kappa shape index (κ1) is 19.6. The van der Waals surface area contributed by atoms with Gasteiger partial charge in [-0.1, -0.05) is 44.2 Å². The lowest BCUT2D eigenvalue weighted by Crippen LogP contribution is -2.38. The summed E-state index contributed by atoms with van der Waals surface area (Å²) in [5, 5.41) is 9.49. The predicted molar refractivity (Wildman–Crippen MR) is 100 cm³/mol. The Morgan fingerprint density at radius 1 is 1.24 bits per heavy atom. The van der Waals surface area contributed by atoms with Gasteiger partial charge in [0.25, 0.3) is 5.91 Å². The summed E-state index contributed by atoms with van der Waals surface area (Å²) in [6.45, 7) is 6.32. The quantitative estimate of drug-likeness (QED) is 0.733. The van der Waals surface area contributed by atoms with Gasteiger partial charge in [-0.2, -0.15) is 0 Å².